The number of aliphatic hydroxyl groups is 1. The summed E-state index contributed by atoms with van der Waals surface area (Å²) in [5.74, 6) is -0.459. The van der Waals surface area contributed by atoms with Crippen LogP contribution in [0.2, 0.25) is 0 Å². The average molecular weight is 264 g/mol. The second-order valence-electron chi connectivity index (χ2n) is 4.27. The maximum atomic E-state index is 13.4. The van der Waals surface area contributed by atoms with Gasteiger partial charge in [-0.1, -0.05) is 12.1 Å². The van der Waals surface area contributed by atoms with Crippen LogP contribution in [0.25, 0.3) is 0 Å². The Hall–Kier alpha value is -1.94. The number of benzene rings is 2. The molecule has 0 saturated heterocycles. The molecule has 0 aliphatic heterocycles. The summed E-state index contributed by atoms with van der Waals surface area (Å²) in [6.07, 6.45) is -0.547. The van der Waals surface area contributed by atoms with Gasteiger partial charge in [0.05, 0.1) is 6.10 Å². The highest BCUT2D eigenvalue weighted by molar-refractivity contribution is 5.29. The van der Waals surface area contributed by atoms with E-state index in [9.17, 15) is 13.9 Å². The van der Waals surface area contributed by atoms with Gasteiger partial charge < -0.3 is 9.84 Å². The van der Waals surface area contributed by atoms with Gasteiger partial charge in [-0.15, -0.1) is 0 Å². The number of aliphatic hydroxyl groups excluding tert-OH is 1. The van der Waals surface area contributed by atoms with Crippen LogP contribution in [0, 0.1) is 11.6 Å². The average Bonchev–Trinajstić information content (AvgIpc) is 2.40. The number of rotatable bonds is 4. The molecule has 1 N–H and O–H groups in total. The number of ether oxygens (including phenoxy) is 1. The van der Waals surface area contributed by atoms with Crippen molar-refractivity contribution >= 4 is 0 Å². The Morgan fingerprint density at radius 2 is 1.79 bits per heavy atom. The summed E-state index contributed by atoms with van der Waals surface area (Å²) < 4.78 is 31.7. The van der Waals surface area contributed by atoms with E-state index in [4.69, 9.17) is 4.74 Å². The highest BCUT2D eigenvalue weighted by Crippen LogP contribution is 2.19. The molecule has 0 aromatic heterocycles. The third-order valence-electron chi connectivity index (χ3n) is 2.76. The maximum absolute atomic E-state index is 13.4. The Morgan fingerprint density at radius 3 is 2.42 bits per heavy atom. The maximum Gasteiger partial charge on any atom is 0.130 e. The van der Waals surface area contributed by atoms with Gasteiger partial charge in [-0.2, -0.15) is 0 Å². The molecule has 0 radical (unpaired) electrons. The molecule has 0 unspecified atom stereocenters. The van der Waals surface area contributed by atoms with Crippen molar-refractivity contribution in [3.8, 4) is 5.75 Å². The zero-order valence-corrected chi connectivity index (χ0v) is 10.4. The molecule has 0 spiro atoms. The van der Waals surface area contributed by atoms with Crippen LogP contribution in [0.3, 0.4) is 0 Å². The first kappa shape index (κ1) is 13.5. The minimum absolute atomic E-state index is 0.0440. The van der Waals surface area contributed by atoms with Crippen molar-refractivity contribution < 1.29 is 18.6 Å². The highest BCUT2D eigenvalue weighted by Gasteiger charge is 2.05. The predicted molar refractivity (Wildman–Crippen MR) is 67.8 cm³/mol. The van der Waals surface area contributed by atoms with E-state index in [1.807, 2.05) is 0 Å². The number of hydrogen-bond donors (Lipinski definition) is 1. The molecule has 0 heterocycles. The minimum atomic E-state index is -0.547. The molecule has 2 nitrogen and oxygen atoms in total. The first-order chi connectivity index (χ1) is 9.06. The van der Waals surface area contributed by atoms with E-state index in [0.717, 1.165) is 23.8 Å². The largest absolute Gasteiger partial charge is 0.489 e. The lowest BCUT2D eigenvalue weighted by atomic mass is 10.1. The molecule has 0 amide bonds. The van der Waals surface area contributed by atoms with Crippen molar-refractivity contribution in [2.24, 2.45) is 0 Å². The Kier molecular flexibility index (Phi) is 4.12. The molecule has 1 atom stereocenters. The molecular weight excluding hydrogens is 250 g/mol. The zero-order valence-electron chi connectivity index (χ0n) is 10.4. The molecule has 0 aliphatic rings. The summed E-state index contributed by atoms with van der Waals surface area (Å²) in [5.41, 5.74) is 0.934. The second kappa shape index (κ2) is 5.80. The normalized spacial score (nSPS) is 12.2. The fourth-order valence-electron chi connectivity index (χ4n) is 1.66. The Labute approximate surface area is 110 Å². The molecule has 2 aromatic carbocycles. The van der Waals surface area contributed by atoms with Gasteiger partial charge in [-0.3, -0.25) is 0 Å². The summed E-state index contributed by atoms with van der Waals surface area (Å²) in [6.45, 7) is 1.62. The third kappa shape index (κ3) is 3.51. The van der Waals surface area contributed by atoms with Crippen LogP contribution < -0.4 is 4.74 Å². The van der Waals surface area contributed by atoms with Crippen LogP contribution in [0.1, 0.15) is 24.2 Å². The molecule has 0 saturated carbocycles. The van der Waals surface area contributed by atoms with Crippen LogP contribution in [-0.4, -0.2) is 5.11 Å². The molecule has 0 bridgehead atoms. The Bertz CT molecular complexity index is 551. The molecule has 2 aromatic rings. The molecule has 0 fully saturated rings. The first-order valence-electron chi connectivity index (χ1n) is 5.91. The molecular formula is C15H14F2O2. The van der Waals surface area contributed by atoms with Crippen LogP contribution >= 0.6 is 0 Å². The monoisotopic (exact) mass is 264 g/mol. The fraction of sp³-hybridized carbons (Fsp3) is 0.200. The van der Waals surface area contributed by atoms with Crippen LogP contribution in [0.5, 0.6) is 5.75 Å². The van der Waals surface area contributed by atoms with Crippen LogP contribution in [0.4, 0.5) is 8.78 Å². The molecule has 100 valence electrons. The van der Waals surface area contributed by atoms with Gasteiger partial charge >= 0.3 is 0 Å². The number of halogens is 2. The lowest BCUT2D eigenvalue weighted by Gasteiger charge is -2.09. The molecule has 19 heavy (non-hydrogen) atoms. The van der Waals surface area contributed by atoms with Gasteiger partial charge in [0.15, 0.2) is 0 Å². The van der Waals surface area contributed by atoms with Gasteiger partial charge in [0.25, 0.3) is 0 Å². The molecule has 0 aliphatic carbocycles. The van der Waals surface area contributed by atoms with E-state index < -0.39 is 17.7 Å². The van der Waals surface area contributed by atoms with Crippen molar-refractivity contribution in [2.75, 3.05) is 0 Å². The van der Waals surface area contributed by atoms with Gasteiger partial charge in [0, 0.05) is 5.56 Å². The minimum Gasteiger partial charge on any atom is -0.489 e. The van der Waals surface area contributed by atoms with Crippen molar-refractivity contribution in [2.45, 2.75) is 19.6 Å². The van der Waals surface area contributed by atoms with Gasteiger partial charge in [-0.05, 0) is 42.8 Å². The Balaban J connectivity index is 2.04. The first-order valence-corrected chi connectivity index (χ1v) is 5.91. The van der Waals surface area contributed by atoms with Crippen LogP contribution in [0.15, 0.2) is 42.5 Å². The smallest absolute Gasteiger partial charge is 0.130 e. The highest BCUT2D eigenvalue weighted by atomic mass is 19.1. The standard InChI is InChI=1S/C15H14F2O2/c1-10(18)11-2-5-14(6-3-11)19-9-12-8-13(16)4-7-15(12)17/h2-8,10,18H,9H2,1H3/t10-/m1/s1. The summed E-state index contributed by atoms with van der Waals surface area (Å²) >= 11 is 0. The SMILES string of the molecule is C[C@@H](O)c1ccc(OCc2cc(F)ccc2F)cc1. The van der Waals surface area contributed by atoms with E-state index in [0.29, 0.717) is 5.75 Å². The second-order valence-corrected chi connectivity index (χ2v) is 4.27. The van der Waals surface area contributed by atoms with Crippen LogP contribution in [-0.2, 0) is 6.61 Å². The van der Waals surface area contributed by atoms with E-state index in [1.165, 1.54) is 0 Å². The summed E-state index contributed by atoms with van der Waals surface area (Å²) in [6, 6.07) is 10.1. The van der Waals surface area contributed by atoms with Crippen molar-refractivity contribution in [3.63, 3.8) is 0 Å². The van der Waals surface area contributed by atoms with E-state index in [1.54, 1.807) is 31.2 Å². The molecule has 4 heteroatoms. The summed E-state index contributed by atoms with van der Waals surface area (Å²) in [4.78, 5) is 0. The van der Waals surface area contributed by atoms with Gasteiger partial charge in [-0.25, -0.2) is 8.78 Å². The van der Waals surface area contributed by atoms with Crippen molar-refractivity contribution in [1.82, 2.24) is 0 Å². The zero-order chi connectivity index (χ0) is 13.8. The lowest BCUT2D eigenvalue weighted by molar-refractivity contribution is 0.199. The Morgan fingerprint density at radius 1 is 1.11 bits per heavy atom. The van der Waals surface area contributed by atoms with Crippen molar-refractivity contribution in [3.05, 3.63) is 65.2 Å². The number of hydrogen-bond acceptors (Lipinski definition) is 2. The quantitative estimate of drug-likeness (QED) is 0.914. The topological polar surface area (TPSA) is 29.5 Å². The van der Waals surface area contributed by atoms with E-state index in [2.05, 4.69) is 0 Å². The van der Waals surface area contributed by atoms with Crippen molar-refractivity contribution in [1.29, 1.82) is 0 Å². The van der Waals surface area contributed by atoms with E-state index in [-0.39, 0.29) is 12.2 Å². The summed E-state index contributed by atoms with van der Waals surface area (Å²) in [7, 11) is 0. The summed E-state index contributed by atoms with van der Waals surface area (Å²) in [5, 5.41) is 9.36. The van der Waals surface area contributed by atoms with Gasteiger partial charge in [0.1, 0.15) is 24.0 Å². The fourth-order valence-corrected chi connectivity index (χ4v) is 1.66. The van der Waals surface area contributed by atoms with E-state index >= 15 is 0 Å². The lowest BCUT2D eigenvalue weighted by Crippen LogP contribution is -1.99. The van der Waals surface area contributed by atoms with Gasteiger partial charge in [0.2, 0.25) is 0 Å². The third-order valence-corrected chi connectivity index (χ3v) is 2.76. The predicted octanol–water partition coefficient (Wildman–Crippen LogP) is 3.60. The molecule has 2 rings (SSSR count).